The molecule has 20 heavy (non-hydrogen) atoms. The van der Waals surface area contributed by atoms with Gasteiger partial charge in [-0.3, -0.25) is 9.59 Å². The predicted molar refractivity (Wildman–Crippen MR) is 83.8 cm³/mol. The van der Waals surface area contributed by atoms with E-state index in [0.29, 0.717) is 12.8 Å². The number of rotatable bonds is 12. The summed E-state index contributed by atoms with van der Waals surface area (Å²) in [6.07, 6.45) is 9.69. The number of carbonyl (C=O) groups excluding carboxylic acids is 1. The van der Waals surface area contributed by atoms with Crippen molar-refractivity contribution in [2.75, 3.05) is 6.54 Å². The van der Waals surface area contributed by atoms with E-state index in [9.17, 15) is 9.59 Å². The minimum Gasteiger partial charge on any atom is -0.481 e. The van der Waals surface area contributed by atoms with Crippen LogP contribution in [0.25, 0.3) is 0 Å². The zero-order valence-electron chi connectivity index (χ0n) is 13.5. The SMILES string of the molecule is CC.CCC(=O)NCCCCCCCCCCC(=O)O. The van der Waals surface area contributed by atoms with Crippen molar-refractivity contribution >= 4 is 11.9 Å². The van der Waals surface area contributed by atoms with Gasteiger partial charge in [0.1, 0.15) is 0 Å². The van der Waals surface area contributed by atoms with Gasteiger partial charge in [0.05, 0.1) is 0 Å². The maximum atomic E-state index is 10.9. The van der Waals surface area contributed by atoms with Crippen molar-refractivity contribution in [2.45, 2.75) is 85.0 Å². The number of carbonyl (C=O) groups is 2. The van der Waals surface area contributed by atoms with Crippen molar-refractivity contribution in [3.63, 3.8) is 0 Å². The topological polar surface area (TPSA) is 66.4 Å². The van der Waals surface area contributed by atoms with Crippen LogP contribution in [-0.4, -0.2) is 23.5 Å². The first-order valence-corrected chi connectivity index (χ1v) is 8.15. The summed E-state index contributed by atoms with van der Waals surface area (Å²) in [5, 5.41) is 11.3. The van der Waals surface area contributed by atoms with E-state index < -0.39 is 5.97 Å². The molecule has 120 valence electrons. The summed E-state index contributed by atoms with van der Waals surface area (Å²) in [6, 6.07) is 0. The zero-order chi connectivity index (χ0) is 15.6. The van der Waals surface area contributed by atoms with Crippen LogP contribution in [0.3, 0.4) is 0 Å². The summed E-state index contributed by atoms with van der Waals surface area (Å²) >= 11 is 0. The molecule has 0 saturated carbocycles. The standard InChI is InChI=1S/C14H27NO3.C2H6/c1-2-13(16)15-12-10-8-6-4-3-5-7-9-11-14(17)18;1-2/h2-12H2,1H3,(H,15,16)(H,17,18);1-2H3. The molecule has 0 spiro atoms. The van der Waals surface area contributed by atoms with Crippen molar-refractivity contribution < 1.29 is 14.7 Å². The Balaban J connectivity index is 0. The third kappa shape index (κ3) is 19.3. The highest BCUT2D eigenvalue weighted by atomic mass is 16.4. The van der Waals surface area contributed by atoms with Gasteiger partial charge < -0.3 is 10.4 Å². The molecule has 0 saturated heterocycles. The summed E-state index contributed by atoms with van der Waals surface area (Å²) in [5.74, 6) is -0.558. The molecular weight excluding hydrogens is 254 g/mol. The van der Waals surface area contributed by atoms with Gasteiger partial charge in [0.15, 0.2) is 0 Å². The van der Waals surface area contributed by atoms with Crippen molar-refractivity contribution in [1.29, 1.82) is 0 Å². The van der Waals surface area contributed by atoms with Crippen LogP contribution in [0.4, 0.5) is 0 Å². The number of aliphatic carboxylic acids is 1. The monoisotopic (exact) mass is 287 g/mol. The van der Waals surface area contributed by atoms with E-state index in [-0.39, 0.29) is 5.91 Å². The number of unbranched alkanes of at least 4 members (excludes halogenated alkanes) is 7. The molecule has 2 N–H and O–H groups in total. The normalized spacial score (nSPS) is 9.55. The molecule has 0 bridgehead atoms. The van der Waals surface area contributed by atoms with Crippen LogP contribution in [0, 0.1) is 0 Å². The number of hydrogen-bond acceptors (Lipinski definition) is 2. The molecule has 0 rings (SSSR count). The van der Waals surface area contributed by atoms with Crippen LogP contribution >= 0.6 is 0 Å². The predicted octanol–water partition coefficient (Wildman–Crippen LogP) is 4.13. The van der Waals surface area contributed by atoms with Crippen molar-refractivity contribution in [1.82, 2.24) is 5.32 Å². The van der Waals surface area contributed by atoms with Crippen LogP contribution in [0.5, 0.6) is 0 Å². The molecule has 1 amide bonds. The van der Waals surface area contributed by atoms with E-state index in [1.807, 2.05) is 20.8 Å². The summed E-state index contributed by atoms with van der Waals surface area (Å²) in [4.78, 5) is 21.2. The van der Waals surface area contributed by atoms with Crippen molar-refractivity contribution in [3.8, 4) is 0 Å². The number of nitrogens with one attached hydrogen (secondary N) is 1. The number of carboxylic acid groups (broad SMARTS) is 1. The van der Waals surface area contributed by atoms with Gasteiger partial charge in [-0.1, -0.05) is 59.3 Å². The Bertz CT molecular complexity index is 230. The fourth-order valence-electron chi connectivity index (χ4n) is 1.81. The Morgan fingerprint density at radius 3 is 1.75 bits per heavy atom. The van der Waals surface area contributed by atoms with Gasteiger partial charge in [-0.15, -0.1) is 0 Å². The van der Waals surface area contributed by atoms with Crippen LogP contribution in [-0.2, 0) is 9.59 Å². The first kappa shape index (κ1) is 21.2. The largest absolute Gasteiger partial charge is 0.481 e. The molecule has 0 radical (unpaired) electrons. The average molecular weight is 287 g/mol. The molecule has 4 heteroatoms. The highest BCUT2D eigenvalue weighted by molar-refractivity contribution is 5.75. The van der Waals surface area contributed by atoms with Crippen LogP contribution in [0.2, 0.25) is 0 Å². The zero-order valence-corrected chi connectivity index (χ0v) is 13.5. The smallest absolute Gasteiger partial charge is 0.303 e. The molecule has 0 aromatic rings. The summed E-state index contributed by atoms with van der Waals surface area (Å²) in [7, 11) is 0. The lowest BCUT2D eigenvalue weighted by Crippen LogP contribution is -2.23. The van der Waals surface area contributed by atoms with E-state index in [2.05, 4.69) is 5.32 Å². The van der Waals surface area contributed by atoms with Gasteiger partial charge in [-0.2, -0.15) is 0 Å². The van der Waals surface area contributed by atoms with Gasteiger partial charge in [-0.05, 0) is 12.8 Å². The molecule has 0 unspecified atom stereocenters. The molecule has 0 atom stereocenters. The Morgan fingerprint density at radius 1 is 0.850 bits per heavy atom. The maximum Gasteiger partial charge on any atom is 0.303 e. The minimum atomic E-state index is -0.691. The summed E-state index contributed by atoms with van der Waals surface area (Å²) in [5.41, 5.74) is 0. The average Bonchev–Trinajstić information content (AvgIpc) is 2.46. The first-order valence-electron chi connectivity index (χ1n) is 8.15. The number of amides is 1. The number of hydrogen-bond donors (Lipinski definition) is 2. The third-order valence-electron chi connectivity index (χ3n) is 2.96. The van der Waals surface area contributed by atoms with E-state index in [0.717, 1.165) is 32.2 Å². The lowest BCUT2D eigenvalue weighted by atomic mass is 10.1. The Morgan fingerprint density at radius 2 is 1.30 bits per heavy atom. The van der Waals surface area contributed by atoms with Gasteiger partial charge in [0.2, 0.25) is 5.91 Å². The summed E-state index contributed by atoms with van der Waals surface area (Å²) in [6.45, 7) is 6.66. The van der Waals surface area contributed by atoms with Crippen LogP contribution in [0.1, 0.15) is 85.0 Å². The molecular formula is C16H33NO3. The van der Waals surface area contributed by atoms with E-state index in [1.165, 1.54) is 25.7 Å². The Hall–Kier alpha value is -1.06. The second kappa shape index (κ2) is 17.9. The molecule has 0 aromatic carbocycles. The molecule has 0 fully saturated rings. The minimum absolute atomic E-state index is 0.133. The van der Waals surface area contributed by atoms with Gasteiger partial charge >= 0.3 is 5.97 Å². The Kier molecular flexibility index (Phi) is 19.1. The highest BCUT2D eigenvalue weighted by Gasteiger charge is 1.97. The van der Waals surface area contributed by atoms with E-state index in [4.69, 9.17) is 5.11 Å². The van der Waals surface area contributed by atoms with Crippen LogP contribution in [0.15, 0.2) is 0 Å². The lowest BCUT2D eigenvalue weighted by molar-refractivity contribution is -0.137. The van der Waals surface area contributed by atoms with Crippen molar-refractivity contribution in [2.24, 2.45) is 0 Å². The number of carboxylic acids is 1. The van der Waals surface area contributed by atoms with E-state index >= 15 is 0 Å². The lowest BCUT2D eigenvalue weighted by Gasteiger charge is -2.03. The Labute approximate surface area is 124 Å². The first-order chi connectivity index (χ1) is 9.66. The fraction of sp³-hybridized carbons (Fsp3) is 0.875. The maximum absolute atomic E-state index is 10.9. The molecule has 4 nitrogen and oxygen atoms in total. The van der Waals surface area contributed by atoms with Gasteiger partial charge in [0, 0.05) is 19.4 Å². The third-order valence-corrected chi connectivity index (χ3v) is 2.96. The van der Waals surface area contributed by atoms with Gasteiger partial charge in [-0.25, -0.2) is 0 Å². The molecule has 0 heterocycles. The van der Waals surface area contributed by atoms with Crippen molar-refractivity contribution in [3.05, 3.63) is 0 Å². The second-order valence-corrected chi connectivity index (χ2v) is 4.68. The van der Waals surface area contributed by atoms with Crippen LogP contribution < -0.4 is 5.32 Å². The van der Waals surface area contributed by atoms with E-state index in [1.54, 1.807) is 0 Å². The quantitative estimate of drug-likeness (QED) is 0.530. The molecule has 0 aliphatic heterocycles. The highest BCUT2D eigenvalue weighted by Crippen LogP contribution is 2.09. The fourth-order valence-corrected chi connectivity index (χ4v) is 1.81. The molecule has 0 aliphatic rings. The second-order valence-electron chi connectivity index (χ2n) is 4.68. The molecule has 0 aromatic heterocycles. The summed E-state index contributed by atoms with van der Waals surface area (Å²) < 4.78 is 0. The van der Waals surface area contributed by atoms with Gasteiger partial charge in [0.25, 0.3) is 0 Å². The molecule has 0 aliphatic carbocycles.